The number of hydrogen-bond acceptors (Lipinski definition) is 4. The molecule has 0 bridgehead atoms. The third-order valence-corrected chi connectivity index (χ3v) is 4.25. The molecule has 0 saturated carbocycles. The fraction of sp³-hybridized carbons (Fsp3) is 0.611. The second kappa shape index (κ2) is 12.2. The number of aliphatic imine (C=N–C) groups is 1. The third-order valence-electron chi connectivity index (χ3n) is 4.25. The molecular weight excluding hydrogens is 467 g/mol. The number of guanidine groups is 1. The molecule has 1 aliphatic rings. The Morgan fingerprint density at radius 3 is 2.78 bits per heavy atom. The van der Waals surface area contributed by atoms with Crippen molar-refractivity contribution in [3.63, 3.8) is 0 Å². The molecule has 1 fully saturated rings. The van der Waals surface area contributed by atoms with Gasteiger partial charge in [-0.2, -0.15) is 8.78 Å². The molecule has 2 rings (SSSR count). The molecule has 0 spiro atoms. The zero-order valence-corrected chi connectivity index (χ0v) is 18.5. The van der Waals surface area contributed by atoms with Crippen molar-refractivity contribution in [3.8, 4) is 5.75 Å². The van der Waals surface area contributed by atoms with Gasteiger partial charge >= 0.3 is 6.61 Å². The van der Waals surface area contributed by atoms with Crippen molar-refractivity contribution >= 4 is 35.6 Å². The molecule has 1 aromatic carbocycles. The first-order chi connectivity index (χ1) is 12.5. The van der Waals surface area contributed by atoms with Gasteiger partial charge in [-0.3, -0.25) is 4.99 Å². The van der Waals surface area contributed by atoms with Crippen LogP contribution in [0.3, 0.4) is 0 Å². The molecule has 2 N–H and O–H groups in total. The van der Waals surface area contributed by atoms with E-state index in [4.69, 9.17) is 0 Å². The summed E-state index contributed by atoms with van der Waals surface area (Å²) in [5.74, 6) is 0.988. The van der Waals surface area contributed by atoms with E-state index in [0.717, 1.165) is 38.4 Å². The summed E-state index contributed by atoms with van der Waals surface area (Å²) in [7, 11) is 5.85. The average molecular weight is 497 g/mol. The number of halogens is 3. The number of nitrogens with one attached hydrogen (secondary N) is 2. The molecule has 0 amide bonds. The van der Waals surface area contributed by atoms with E-state index >= 15 is 0 Å². The summed E-state index contributed by atoms with van der Waals surface area (Å²) >= 11 is 0. The number of para-hydroxylation sites is 2. The average Bonchev–Trinajstić information content (AvgIpc) is 3.05. The van der Waals surface area contributed by atoms with Gasteiger partial charge in [0.2, 0.25) is 0 Å². The Morgan fingerprint density at radius 2 is 2.11 bits per heavy atom. The van der Waals surface area contributed by atoms with Gasteiger partial charge in [-0.05, 0) is 45.6 Å². The second-order valence-corrected chi connectivity index (χ2v) is 6.58. The fourth-order valence-electron chi connectivity index (χ4n) is 3.00. The standard InChI is InChI=1S/C18H29F2N5O.HI/c1-21-18(22-10-6-11-24(2)3)23-14-9-12-25(13-14)15-7-4-5-8-16(15)26-17(19)20;/h4-5,7-8,14,17H,6,9-13H2,1-3H3,(H2,21,22,23);1H. The van der Waals surface area contributed by atoms with Crippen LogP contribution in [-0.4, -0.2) is 70.8 Å². The minimum Gasteiger partial charge on any atom is -0.433 e. The van der Waals surface area contributed by atoms with Crippen LogP contribution in [-0.2, 0) is 0 Å². The SMILES string of the molecule is CN=C(NCCCN(C)C)NC1CCN(c2ccccc2OC(F)F)C1.I. The van der Waals surface area contributed by atoms with Crippen molar-refractivity contribution in [2.75, 3.05) is 52.2 Å². The van der Waals surface area contributed by atoms with Crippen LogP contribution in [0, 0.1) is 0 Å². The van der Waals surface area contributed by atoms with Gasteiger partial charge in [-0.15, -0.1) is 24.0 Å². The lowest BCUT2D eigenvalue weighted by atomic mass is 10.2. The van der Waals surface area contributed by atoms with Gasteiger partial charge in [0.1, 0.15) is 5.75 Å². The van der Waals surface area contributed by atoms with Gasteiger partial charge in [0, 0.05) is 32.7 Å². The fourth-order valence-corrected chi connectivity index (χ4v) is 3.00. The molecule has 1 heterocycles. The number of rotatable bonds is 8. The molecule has 1 atom stereocenters. The molecule has 27 heavy (non-hydrogen) atoms. The first-order valence-electron chi connectivity index (χ1n) is 8.90. The van der Waals surface area contributed by atoms with Gasteiger partial charge in [-0.1, -0.05) is 12.1 Å². The summed E-state index contributed by atoms with van der Waals surface area (Å²) in [5.41, 5.74) is 0.700. The molecule has 6 nitrogen and oxygen atoms in total. The third kappa shape index (κ3) is 8.04. The second-order valence-electron chi connectivity index (χ2n) is 6.58. The Morgan fingerprint density at radius 1 is 1.37 bits per heavy atom. The van der Waals surface area contributed by atoms with Crippen molar-refractivity contribution in [3.05, 3.63) is 24.3 Å². The van der Waals surface area contributed by atoms with E-state index in [1.54, 1.807) is 19.2 Å². The predicted octanol–water partition coefficient (Wildman–Crippen LogP) is 2.60. The molecule has 1 saturated heterocycles. The van der Waals surface area contributed by atoms with Crippen LogP contribution in [0.25, 0.3) is 0 Å². The van der Waals surface area contributed by atoms with Crippen molar-refractivity contribution in [2.24, 2.45) is 4.99 Å². The van der Waals surface area contributed by atoms with E-state index in [9.17, 15) is 8.78 Å². The molecule has 0 radical (unpaired) electrons. The highest BCUT2D eigenvalue weighted by Gasteiger charge is 2.25. The molecule has 1 aromatic rings. The predicted molar refractivity (Wildman–Crippen MR) is 117 cm³/mol. The molecule has 0 aromatic heterocycles. The number of nitrogens with zero attached hydrogens (tertiary/aromatic N) is 3. The summed E-state index contributed by atoms with van der Waals surface area (Å²) < 4.78 is 29.8. The molecule has 9 heteroatoms. The zero-order chi connectivity index (χ0) is 18.9. The number of hydrogen-bond donors (Lipinski definition) is 2. The van der Waals surface area contributed by atoms with Crippen molar-refractivity contribution < 1.29 is 13.5 Å². The van der Waals surface area contributed by atoms with Crippen LogP contribution < -0.4 is 20.3 Å². The lowest BCUT2D eigenvalue weighted by Crippen LogP contribution is -2.45. The van der Waals surface area contributed by atoms with E-state index in [0.29, 0.717) is 12.2 Å². The normalized spacial score (nSPS) is 17.2. The Balaban J connectivity index is 0.00000364. The Labute approximate surface area is 177 Å². The summed E-state index contributed by atoms with van der Waals surface area (Å²) in [4.78, 5) is 8.47. The molecule has 1 unspecified atom stereocenters. The number of benzene rings is 1. The first kappa shape index (κ1) is 23.7. The largest absolute Gasteiger partial charge is 0.433 e. The van der Waals surface area contributed by atoms with Crippen LogP contribution in [0.2, 0.25) is 0 Å². The highest BCUT2D eigenvalue weighted by molar-refractivity contribution is 14.0. The summed E-state index contributed by atoms with van der Waals surface area (Å²) in [6.45, 7) is 0.528. The van der Waals surface area contributed by atoms with Crippen molar-refractivity contribution in [2.45, 2.75) is 25.5 Å². The van der Waals surface area contributed by atoms with E-state index < -0.39 is 6.61 Å². The smallest absolute Gasteiger partial charge is 0.387 e. The topological polar surface area (TPSA) is 52.1 Å². The van der Waals surface area contributed by atoms with Gasteiger partial charge < -0.3 is 25.2 Å². The van der Waals surface area contributed by atoms with Crippen LogP contribution >= 0.6 is 24.0 Å². The monoisotopic (exact) mass is 497 g/mol. The maximum Gasteiger partial charge on any atom is 0.387 e. The Kier molecular flexibility index (Phi) is 10.7. The molecular formula is C18H30F2IN5O. The van der Waals surface area contributed by atoms with Gasteiger partial charge in [0.05, 0.1) is 5.69 Å². The van der Waals surface area contributed by atoms with Crippen LogP contribution in [0.15, 0.2) is 29.3 Å². The Hall–Kier alpha value is -1.36. The van der Waals surface area contributed by atoms with Crippen molar-refractivity contribution in [1.29, 1.82) is 0 Å². The van der Waals surface area contributed by atoms with E-state index in [-0.39, 0.29) is 35.8 Å². The summed E-state index contributed by atoms with van der Waals surface area (Å²) in [5, 5.41) is 6.72. The maximum atomic E-state index is 12.6. The Bertz CT molecular complexity index is 589. The quantitative estimate of drug-likeness (QED) is 0.251. The number of ether oxygens (including phenoxy) is 1. The lowest BCUT2D eigenvalue weighted by molar-refractivity contribution is -0.0495. The minimum absolute atomic E-state index is 0. The minimum atomic E-state index is -2.82. The van der Waals surface area contributed by atoms with E-state index in [2.05, 4.69) is 44.3 Å². The van der Waals surface area contributed by atoms with Gasteiger partial charge in [-0.25, -0.2) is 0 Å². The van der Waals surface area contributed by atoms with Gasteiger partial charge in [0.25, 0.3) is 0 Å². The van der Waals surface area contributed by atoms with E-state index in [1.165, 1.54) is 0 Å². The van der Waals surface area contributed by atoms with Crippen LogP contribution in [0.4, 0.5) is 14.5 Å². The maximum absolute atomic E-state index is 12.6. The van der Waals surface area contributed by atoms with Gasteiger partial charge in [0.15, 0.2) is 5.96 Å². The van der Waals surface area contributed by atoms with E-state index in [1.807, 2.05) is 12.1 Å². The summed E-state index contributed by atoms with van der Waals surface area (Å²) in [6.07, 6.45) is 1.93. The molecule has 1 aliphatic heterocycles. The van der Waals surface area contributed by atoms with Crippen LogP contribution in [0.5, 0.6) is 5.75 Å². The number of alkyl halides is 2. The van der Waals surface area contributed by atoms with Crippen LogP contribution in [0.1, 0.15) is 12.8 Å². The zero-order valence-electron chi connectivity index (χ0n) is 16.1. The highest BCUT2D eigenvalue weighted by atomic mass is 127. The molecule has 0 aliphatic carbocycles. The lowest BCUT2D eigenvalue weighted by Gasteiger charge is -2.22. The first-order valence-corrected chi connectivity index (χ1v) is 8.90. The highest BCUT2D eigenvalue weighted by Crippen LogP contribution is 2.31. The number of anilines is 1. The summed E-state index contributed by atoms with van der Waals surface area (Å²) in [6, 6.07) is 7.13. The molecule has 154 valence electrons. The van der Waals surface area contributed by atoms with Crippen molar-refractivity contribution in [1.82, 2.24) is 15.5 Å².